The van der Waals surface area contributed by atoms with Crippen LogP contribution in [-0.4, -0.2) is 47.0 Å². The van der Waals surface area contributed by atoms with Crippen LogP contribution in [0.3, 0.4) is 0 Å². The van der Waals surface area contributed by atoms with Crippen molar-refractivity contribution in [3.63, 3.8) is 0 Å². The monoisotopic (exact) mass is 392 g/mol. The van der Waals surface area contributed by atoms with Crippen molar-refractivity contribution in [3.05, 3.63) is 26.6 Å². The van der Waals surface area contributed by atoms with E-state index >= 15 is 0 Å². The number of hydrogen-bond donors (Lipinski definition) is 2. The molecular weight excluding hydrogens is 372 g/mol. The van der Waals surface area contributed by atoms with Crippen molar-refractivity contribution in [3.8, 4) is 0 Å². The molecule has 0 bridgehead atoms. The summed E-state index contributed by atoms with van der Waals surface area (Å²) < 4.78 is 6.67. The molecule has 0 fully saturated rings. The van der Waals surface area contributed by atoms with E-state index in [1.807, 2.05) is 0 Å². The number of esters is 1. The number of fused-ring (bicyclic) bond motifs is 2. The van der Waals surface area contributed by atoms with Crippen LogP contribution in [0.2, 0.25) is 0 Å². The van der Waals surface area contributed by atoms with Gasteiger partial charge < -0.3 is 15.4 Å². The lowest BCUT2D eigenvalue weighted by Gasteiger charge is -2.06. The Morgan fingerprint density at radius 1 is 1.26 bits per heavy atom. The minimum atomic E-state index is -0.687. The van der Waals surface area contributed by atoms with Gasteiger partial charge in [0.15, 0.2) is 6.61 Å². The number of rotatable bonds is 6. The third-order valence-corrected chi connectivity index (χ3v) is 5.42. The number of carbonyl (C=O) groups is 3. The molecule has 0 atom stereocenters. The summed E-state index contributed by atoms with van der Waals surface area (Å²) in [6.45, 7) is 3.86. The maximum atomic E-state index is 12.6. The molecule has 3 rings (SSSR count). The van der Waals surface area contributed by atoms with Gasteiger partial charge in [-0.25, -0.2) is 9.78 Å². The number of ether oxygens (including phenoxy) is 1. The standard InChI is InChI=1S/C17H20N4O5S/c1-3-18-11(22)7-19-12(23)8-26-17(25)14-9(2)13-15(27-14)20-10-5-4-6-21(10)16(13)24/h3-8H2,1-2H3,(H,18,22)(H,19,23). The van der Waals surface area contributed by atoms with Gasteiger partial charge in [0.05, 0.1) is 11.9 Å². The van der Waals surface area contributed by atoms with E-state index in [4.69, 9.17) is 4.74 Å². The molecule has 2 aromatic heterocycles. The normalized spacial score (nSPS) is 12.7. The molecule has 3 heterocycles. The molecule has 0 aromatic carbocycles. The Bertz CT molecular complexity index is 978. The zero-order valence-electron chi connectivity index (χ0n) is 15.1. The van der Waals surface area contributed by atoms with Crippen molar-refractivity contribution in [1.29, 1.82) is 0 Å². The molecule has 2 aromatic rings. The molecule has 0 radical (unpaired) electrons. The quantitative estimate of drug-likeness (QED) is 0.674. The fraction of sp³-hybridized carbons (Fsp3) is 0.471. The lowest BCUT2D eigenvalue weighted by molar-refractivity contribution is -0.127. The molecule has 10 heteroatoms. The molecule has 2 N–H and O–H groups in total. The summed E-state index contributed by atoms with van der Waals surface area (Å²) in [6.07, 6.45) is 1.63. The second-order valence-corrected chi connectivity index (χ2v) is 7.13. The number of likely N-dealkylation sites (N-methyl/N-ethyl adjacent to an activating group) is 1. The zero-order valence-corrected chi connectivity index (χ0v) is 15.9. The average molecular weight is 392 g/mol. The molecule has 0 saturated heterocycles. The number of aryl methyl sites for hydroxylation is 2. The summed E-state index contributed by atoms with van der Waals surface area (Å²) >= 11 is 1.09. The SMILES string of the molecule is CCNC(=O)CNC(=O)COC(=O)c1sc2nc3n(c(=O)c2c1C)CCC3. The smallest absolute Gasteiger partial charge is 0.349 e. The Hall–Kier alpha value is -2.75. The first-order chi connectivity index (χ1) is 12.9. The van der Waals surface area contributed by atoms with Gasteiger partial charge in [0.1, 0.15) is 15.5 Å². The van der Waals surface area contributed by atoms with Crippen LogP contribution in [0.5, 0.6) is 0 Å². The van der Waals surface area contributed by atoms with Crippen LogP contribution in [0.1, 0.15) is 34.4 Å². The van der Waals surface area contributed by atoms with Gasteiger partial charge in [0.2, 0.25) is 5.91 Å². The predicted molar refractivity (Wildman–Crippen MR) is 98.9 cm³/mol. The lowest BCUT2D eigenvalue weighted by Crippen LogP contribution is -2.38. The van der Waals surface area contributed by atoms with Gasteiger partial charge in [0, 0.05) is 19.5 Å². The van der Waals surface area contributed by atoms with Crippen LogP contribution in [0, 0.1) is 6.92 Å². The molecule has 27 heavy (non-hydrogen) atoms. The molecule has 0 spiro atoms. The molecule has 0 unspecified atom stereocenters. The largest absolute Gasteiger partial charge is 0.451 e. The molecule has 144 valence electrons. The fourth-order valence-corrected chi connectivity index (χ4v) is 4.04. The molecule has 1 aliphatic heterocycles. The highest BCUT2D eigenvalue weighted by Gasteiger charge is 2.24. The molecule has 0 saturated carbocycles. The van der Waals surface area contributed by atoms with Crippen LogP contribution in [0.25, 0.3) is 10.2 Å². The van der Waals surface area contributed by atoms with E-state index in [9.17, 15) is 19.2 Å². The molecule has 1 aliphatic rings. The van der Waals surface area contributed by atoms with Gasteiger partial charge in [0.25, 0.3) is 11.5 Å². The van der Waals surface area contributed by atoms with Gasteiger partial charge >= 0.3 is 5.97 Å². The first-order valence-electron chi connectivity index (χ1n) is 8.65. The Balaban J connectivity index is 1.69. The van der Waals surface area contributed by atoms with Gasteiger partial charge in [-0.3, -0.25) is 19.0 Å². The van der Waals surface area contributed by atoms with E-state index in [-0.39, 0.29) is 22.9 Å². The summed E-state index contributed by atoms with van der Waals surface area (Å²) in [6, 6.07) is 0. The predicted octanol–water partition coefficient (Wildman–Crippen LogP) is 0.122. The van der Waals surface area contributed by atoms with Gasteiger partial charge in [-0.15, -0.1) is 11.3 Å². The van der Waals surface area contributed by atoms with E-state index in [1.54, 1.807) is 18.4 Å². The fourth-order valence-electron chi connectivity index (χ4n) is 2.96. The summed E-state index contributed by atoms with van der Waals surface area (Å²) in [5, 5.41) is 5.33. The molecular formula is C17H20N4O5S. The number of aromatic nitrogens is 2. The lowest BCUT2D eigenvalue weighted by atomic mass is 10.2. The second kappa shape index (κ2) is 7.87. The Kier molecular flexibility index (Phi) is 5.54. The van der Waals surface area contributed by atoms with Crippen molar-refractivity contribution >= 4 is 39.3 Å². The third-order valence-electron chi connectivity index (χ3n) is 4.25. The number of amides is 2. The first-order valence-corrected chi connectivity index (χ1v) is 9.47. The minimum absolute atomic E-state index is 0.139. The maximum Gasteiger partial charge on any atom is 0.349 e. The highest BCUT2D eigenvalue weighted by Crippen LogP contribution is 2.29. The van der Waals surface area contributed by atoms with Crippen molar-refractivity contribution < 1.29 is 19.1 Å². The Morgan fingerprint density at radius 2 is 2.04 bits per heavy atom. The van der Waals surface area contributed by atoms with E-state index in [0.717, 1.165) is 30.0 Å². The van der Waals surface area contributed by atoms with Crippen molar-refractivity contribution in [2.45, 2.75) is 33.2 Å². The van der Waals surface area contributed by atoms with E-state index in [0.29, 0.717) is 28.9 Å². The number of nitrogens with one attached hydrogen (secondary N) is 2. The van der Waals surface area contributed by atoms with Crippen molar-refractivity contribution in [1.82, 2.24) is 20.2 Å². The Morgan fingerprint density at radius 3 is 2.78 bits per heavy atom. The summed E-state index contributed by atoms with van der Waals surface area (Å²) in [7, 11) is 0. The summed E-state index contributed by atoms with van der Waals surface area (Å²) in [5.74, 6) is -0.853. The third kappa shape index (κ3) is 3.85. The minimum Gasteiger partial charge on any atom is -0.451 e. The molecule has 0 aliphatic carbocycles. The highest BCUT2D eigenvalue weighted by molar-refractivity contribution is 7.20. The molecule has 9 nitrogen and oxygen atoms in total. The van der Waals surface area contributed by atoms with Crippen LogP contribution in [-0.2, 0) is 27.3 Å². The average Bonchev–Trinajstić information content (AvgIpc) is 3.23. The highest BCUT2D eigenvalue weighted by atomic mass is 32.1. The summed E-state index contributed by atoms with van der Waals surface area (Å²) in [4.78, 5) is 53.2. The maximum absolute atomic E-state index is 12.6. The van der Waals surface area contributed by atoms with Gasteiger partial charge in [-0.05, 0) is 25.8 Å². The summed E-state index contributed by atoms with van der Waals surface area (Å²) in [5.41, 5.74) is 0.377. The molecule has 2 amide bonds. The zero-order chi connectivity index (χ0) is 19.6. The van der Waals surface area contributed by atoms with E-state index in [1.165, 1.54) is 0 Å². The number of carbonyl (C=O) groups excluding carboxylic acids is 3. The number of nitrogens with zero attached hydrogens (tertiary/aromatic N) is 2. The van der Waals surface area contributed by atoms with Crippen molar-refractivity contribution in [2.24, 2.45) is 0 Å². The van der Waals surface area contributed by atoms with Crippen LogP contribution in [0.4, 0.5) is 0 Å². The topological polar surface area (TPSA) is 119 Å². The second-order valence-electron chi connectivity index (χ2n) is 6.13. The van der Waals surface area contributed by atoms with Crippen LogP contribution < -0.4 is 16.2 Å². The van der Waals surface area contributed by atoms with Crippen LogP contribution >= 0.6 is 11.3 Å². The van der Waals surface area contributed by atoms with Crippen LogP contribution in [0.15, 0.2) is 4.79 Å². The number of hydrogen-bond acceptors (Lipinski definition) is 7. The number of thiophene rings is 1. The van der Waals surface area contributed by atoms with Gasteiger partial charge in [-0.2, -0.15) is 0 Å². The van der Waals surface area contributed by atoms with Gasteiger partial charge in [-0.1, -0.05) is 0 Å². The van der Waals surface area contributed by atoms with E-state index in [2.05, 4.69) is 15.6 Å². The van der Waals surface area contributed by atoms with E-state index < -0.39 is 18.5 Å². The Labute approximate surface area is 158 Å². The first kappa shape index (κ1) is 19.0. The van der Waals surface area contributed by atoms with Crippen molar-refractivity contribution in [2.75, 3.05) is 19.7 Å².